The average molecular weight is 289 g/mol. The molecule has 0 bridgehead atoms. The van der Waals surface area contributed by atoms with Crippen molar-refractivity contribution in [3.8, 4) is 5.75 Å². The van der Waals surface area contributed by atoms with E-state index in [4.69, 9.17) is 28.9 Å². The van der Waals surface area contributed by atoms with E-state index in [2.05, 4.69) is 0 Å². The predicted octanol–water partition coefficient (Wildman–Crippen LogP) is 1.97. The molecule has 0 aliphatic carbocycles. The number of hydrogen-bond donors (Lipinski definition) is 2. The zero-order chi connectivity index (χ0) is 13.3. The number of nitrogens with two attached hydrogens (primary N) is 1. The Balaban J connectivity index is 2.29. The number of amides is 1. The highest BCUT2D eigenvalue weighted by molar-refractivity contribution is 6.42. The molecule has 1 heterocycles. The molecule has 1 amide bonds. The van der Waals surface area contributed by atoms with Gasteiger partial charge in [0, 0.05) is 37.5 Å². The van der Waals surface area contributed by atoms with E-state index in [0.717, 1.165) is 0 Å². The SMILES string of the molecule is NCCN1C[C@H](c2c(O)ccc(Cl)c2Cl)CC1=O. The molecule has 98 valence electrons. The maximum atomic E-state index is 11.8. The maximum absolute atomic E-state index is 11.8. The maximum Gasteiger partial charge on any atom is 0.223 e. The van der Waals surface area contributed by atoms with Crippen LogP contribution in [0.2, 0.25) is 10.0 Å². The Kier molecular flexibility index (Phi) is 4.00. The monoisotopic (exact) mass is 288 g/mol. The molecule has 0 aromatic heterocycles. The highest BCUT2D eigenvalue weighted by Gasteiger charge is 2.33. The number of phenolic OH excluding ortho intramolecular Hbond substituents is 1. The largest absolute Gasteiger partial charge is 0.508 e. The van der Waals surface area contributed by atoms with Crippen molar-refractivity contribution < 1.29 is 9.90 Å². The van der Waals surface area contributed by atoms with Gasteiger partial charge in [-0.05, 0) is 12.1 Å². The summed E-state index contributed by atoms with van der Waals surface area (Å²) in [5.74, 6) is -0.0204. The molecule has 4 nitrogen and oxygen atoms in total. The van der Waals surface area contributed by atoms with Crippen molar-refractivity contribution >= 4 is 29.1 Å². The first-order chi connectivity index (χ1) is 8.54. The first-order valence-electron chi connectivity index (χ1n) is 5.69. The van der Waals surface area contributed by atoms with Gasteiger partial charge in [-0.2, -0.15) is 0 Å². The van der Waals surface area contributed by atoms with E-state index in [1.54, 1.807) is 4.90 Å². The second kappa shape index (κ2) is 5.34. The van der Waals surface area contributed by atoms with Crippen molar-refractivity contribution in [2.45, 2.75) is 12.3 Å². The van der Waals surface area contributed by atoms with Gasteiger partial charge in [0.1, 0.15) is 5.75 Å². The van der Waals surface area contributed by atoms with E-state index in [9.17, 15) is 9.90 Å². The third-order valence-electron chi connectivity index (χ3n) is 3.13. The van der Waals surface area contributed by atoms with Gasteiger partial charge in [0.15, 0.2) is 0 Å². The Bertz CT molecular complexity index is 479. The molecule has 1 atom stereocenters. The molecule has 0 saturated carbocycles. The molecule has 1 aromatic rings. The standard InChI is InChI=1S/C12H14Cl2N2O2/c13-8-1-2-9(17)11(12(8)14)7-5-10(18)16(6-7)4-3-15/h1-2,7,17H,3-6,15H2/t7-/m1/s1. The minimum atomic E-state index is -0.129. The van der Waals surface area contributed by atoms with Gasteiger partial charge in [-0.3, -0.25) is 4.79 Å². The fraction of sp³-hybridized carbons (Fsp3) is 0.417. The number of rotatable bonds is 3. The number of nitrogens with zero attached hydrogens (tertiary/aromatic N) is 1. The molecule has 18 heavy (non-hydrogen) atoms. The Morgan fingerprint density at radius 3 is 2.83 bits per heavy atom. The normalized spacial score (nSPS) is 19.6. The molecule has 3 N–H and O–H groups in total. The number of carbonyl (C=O) groups is 1. The lowest BCUT2D eigenvalue weighted by Crippen LogP contribution is -2.30. The van der Waals surface area contributed by atoms with Crippen LogP contribution in [0.3, 0.4) is 0 Å². The minimum absolute atomic E-state index is 0.0286. The summed E-state index contributed by atoms with van der Waals surface area (Å²) >= 11 is 12.0. The Morgan fingerprint density at radius 2 is 2.17 bits per heavy atom. The van der Waals surface area contributed by atoms with Crippen LogP contribution in [0.5, 0.6) is 5.75 Å². The smallest absolute Gasteiger partial charge is 0.223 e. The van der Waals surface area contributed by atoms with Crippen LogP contribution < -0.4 is 5.73 Å². The topological polar surface area (TPSA) is 66.6 Å². The number of benzene rings is 1. The van der Waals surface area contributed by atoms with Crippen molar-refractivity contribution in [2.24, 2.45) is 5.73 Å². The third kappa shape index (κ3) is 2.41. The molecule has 0 spiro atoms. The fourth-order valence-electron chi connectivity index (χ4n) is 2.28. The fourth-order valence-corrected chi connectivity index (χ4v) is 2.76. The number of aromatic hydroxyl groups is 1. The summed E-state index contributed by atoms with van der Waals surface area (Å²) in [4.78, 5) is 13.5. The Labute approximate surface area is 115 Å². The zero-order valence-electron chi connectivity index (χ0n) is 9.70. The summed E-state index contributed by atoms with van der Waals surface area (Å²) in [5, 5.41) is 10.6. The molecule has 1 aliphatic heterocycles. The van der Waals surface area contributed by atoms with Gasteiger partial charge in [0.2, 0.25) is 5.91 Å². The van der Waals surface area contributed by atoms with Gasteiger partial charge < -0.3 is 15.7 Å². The van der Waals surface area contributed by atoms with Gasteiger partial charge in [-0.25, -0.2) is 0 Å². The molecule has 2 rings (SSSR count). The molecule has 0 unspecified atom stereocenters. The molecule has 1 saturated heterocycles. The summed E-state index contributed by atoms with van der Waals surface area (Å²) in [6.45, 7) is 1.46. The van der Waals surface area contributed by atoms with Crippen LogP contribution in [0.4, 0.5) is 0 Å². The molecule has 1 aliphatic rings. The van der Waals surface area contributed by atoms with Crippen LogP contribution in [0.25, 0.3) is 0 Å². The number of phenols is 1. The van der Waals surface area contributed by atoms with E-state index in [-0.39, 0.29) is 17.6 Å². The summed E-state index contributed by atoms with van der Waals surface area (Å²) < 4.78 is 0. The van der Waals surface area contributed by atoms with Crippen LogP contribution in [0, 0.1) is 0 Å². The lowest BCUT2D eigenvalue weighted by Gasteiger charge is -2.17. The zero-order valence-corrected chi connectivity index (χ0v) is 11.2. The van der Waals surface area contributed by atoms with E-state index >= 15 is 0 Å². The molecule has 0 radical (unpaired) electrons. The number of hydrogen-bond acceptors (Lipinski definition) is 3. The number of carbonyl (C=O) groups excluding carboxylic acids is 1. The molecular weight excluding hydrogens is 275 g/mol. The summed E-state index contributed by atoms with van der Waals surface area (Å²) in [6, 6.07) is 3.04. The first kappa shape index (κ1) is 13.5. The average Bonchev–Trinajstić information content (AvgIpc) is 2.67. The van der Waals surface area contributed by atoms with Crippen molar-refractivity contribution in [3.63, 3.8) is 0 Å². The lowest BCUT2D eigenvalue weighted by atomic mass is 9.97. The molecule has 1 aromatic carbocycles. The Morgan fingerprint density at radius 1 is 1.44 bits per heavy atom. The van der Waals surface area contributed by atoms with Crippen molar-refractivity contribution in [3.05, 3.63) is 27.7 Å². The van der Waals surface area contributed by atoms with E-state index in [1.165, 1.54) is 12.1 Å². The molecule has 1 fully saturated rings. The number of likely N-dealkylation sites (tertiary alicyclic amines) is 1. The number of halogens is 2. The molecule has 6 heteroatoms. The Hall–Kier alpha value is -0.970. The van der Waals surface area contributed by atoms with Gasteiger partial charge in [-0.1, -0.05) is 23.2 Å². The van der Waals surface area contributed by atoms with Gasteiger partial charge in [0.05, 0.1) is 10.0 Å². The van der Waals surface area contributed by atoms with Crippen molar-refractivity contribution in [1.29, 1.82) is 0 Å². The second-order valence-electron chi connectivity index (χ2n) is 4.32. The second-order valence-corrected chi connectivity index (χ2v) is 5.11. The highest BCUT2D eigenvalue weighted by atomic mass is 35.5. The van der Waals surface area contributed by atoms with E-state index < -0.39 is 0 Å². The molecular formula is C12H14Cl2N2O2. The highest BCUT2D eigenvalue weighted by Crippen LogP contribution is 2.41. The van der Waals surface area contributed by atoms with Gasteiger partial charge in [-0.15, -0.1) is 0 Å². The van der Waals surface area contributed by atoms with Crippen LogP contribution >= 0.6 is 23.2 Å². The quantitative estimate of drug-likeness (QED) is 0.894. The third-order valence-corrected chi connectivity index (χ3v) is 3.95. The van der Waals surface area contributed by atoms with E-state index in [1.807, 2.05) is 0 Å². The van der Waals surface area contributed by atoms with Crippen LogP contribution in [0.15, 0.2) is 12.1 Å². The predicted molar refractivity (Wildman–Crippen MR) is 71.1 cm³/mol. The summed E-state index contributed by atoms with van der Waals surface area (Å²) in [6.07, 6.45) is 0.327. The van der Waals surface area contributed by atoms with Gasteiger partial charge in [0.25, 0.3) is 0 Å². The van der Waals surface area contributed by atoms with Crippen LogP contribution in [0.1, 0.15) is 17.9 Å². The van der Waals surface area contributed by atoms with Gasteiger partial charge >= 0.3 is 0 Å². The lowest BCUT2D eigenvalue weighted by molar-refractivity contribution is -0.127. The summed E-state index contributed by atoms with van der Waals surface area (Å²) in [5.41, 5.74) is 6.00. The van der Waals surface area contributed by atoms with Crippen LogP contribution in [-0.2, 0) is 4.79 Å². The van der Waals surface area contributed by atoms with Crippen LogP contribution in [-0.4, -0.2) is 35.5 Å². The summed E-state index contributed by atoms with van der Waals surface area (Å²) in [7, 11) is 0. The van der Waals surface area contributed by atoms with Crippen molar-refractivity contribution in [2.75, 3.05) is 19.6 Å². The van der Waals surface area contributed by atoms with E-state index in [0.29, 0.717) is 41.7 Å². The first-order valence-corrected chi connectivity index (χ1v) is 6.45. The van der Waals surface area contributed by atoms with Crippen molar-refractivity contribution in [1.82, 2.24) is 4.90 Å². The minimum Gasteiger partial charge on any atom is -0.508 e.